The minimum atomic E-state index is -0.314. The van der Waals surface area contributed by atoms with Gasteiger partial charge in [-0.15, -0.1) is 0 Å². The zero-order valence-corrected chi connectivity index (χ0v) is 12.5. The van der Waals surface area contributed by atoms with Crippen LogP contribution in [0, 0.1) is 0 Å². The van der Waals surface area contributed by atoms with Crippen LogP contribution in [0.2, 0.25) is 5.15 Å². The standard InChI is InChI=1S/C13H17ClN4O2/c1-4-9(2)18-6-5-10(16-18)7-17-8-15-12(14)11(20-3)13(17)19/h5-6,8-9H,4,7H2,1-3H3. The summed E-state index contributed by atoms with van der Waals surface area (Å²) in [4.78, 5) is 16.0. The second-order valence-corrected chi connectivity index (χ2v) is 4.90. The molecule has 1 unspecified atom stereocenters. The predicted octanol–water partition coefficient (Wildman–Crippen LogP) is 2.12. The molecule has 7 heteroatoms. The van der Waals surface area contributed by atoms with Gasteiger partial charge in [-0.1, -0.05) is 18.5 Å². The van der Waals surface area contributed by atoms with Gasteiger partial charge in [0.25, 0.3) is 5.56 Å². The van der Waals surface area contributed by atoms with Crippen LogP contribution in [-0.4, -0.2) is 26.4 Å². The maximum absolute atomic E-state index is 12.1. The summed E-state index contributed by atoms with van der Waals surface area (Å²) in [6.07, 6.45) is 4.31. The Hall–Kier alpha value is -1.82. The van der Waals surface area contributed by atoms with Crippen molar-refractivity contribution in [1.82, 2.24) is 19.3 Å². The fraction of sp³-hybridized carbons (Fsp3) is 0.462. The highest BCUT2D eigenvalue weighted by atomic mass is 35.5. The Morgan fingerprint density at radius 2 is 2.25 bits per heavy atom. The molecule has 0 spiro atoms. The van der Waals surface area contributed by atoms with E-state index in [4.69, 9.17) is 16.3 Å². The van der Waals surface area contributed by atoms with E-state index in [1.165, 1.54) is 18.0 Å². The van der Waals surface area contributed by atoms with E-state index in [1.807, 2.05) is 16.9 Å². The molecular formula is C13H17ClN4O2. The number of ether oxygens (including phenoxy) is 1. The van der Waals surface area contributed by atoms with Crippen molar-refractivity contribution >= 4 is 11.6 Å². The van der Waals surface area contributed by atoms with Crippen molar-refractivity contribution in [3.63, 3.8) is 0 Å². The quantitative estimate of drug-likeness (QED) is 0.793. The van der Waals surface area contributed by atoms with Gasteiger partial charge in [0.1, 0.15) is 0 Å². The number of aromatic nitrogens is 4. The first-order valence-corrected chi connectivity index (χ1v) is 6.77. The lowest BCUT2D eigenvalue weighted by atomic mass is 10.3. The zero-order valence-electron chi connectivity index (χ0n) is 11.7. The van der Waals surface area contributed by atoms with E-state index in [0.717, 1.165) is 12.1 Å². The first kappa shape index (κ1) is 14.6. The molecule has 2 heterocycles. The van der Waals surface area contributed by atoms with Crippen molar-refractivity contribution in [2.75, 3.05) is 7.11 Å². The normalized spacial score (nSPS) is 12.4. The molecule has 0 amide bonds. The van der Waals surface area contributed by atoms with E-state index >= 15 is 0 Å². The van der Waals surface area contributed by atoms with Crippen molar-refractivity contribution in [3.05, 3.63) is 39.8 Å². The molecule has 6 nitrogen and oxygen atoms in total. The number of halogens is 1. The molecule has 20 heavy (non-hydrogen) atoms. The molecule has 2 aromatic rings. The number of methoxy groups -OCH3 is 1. The van der Waals surface area contributed by atoms with Crippen molar-refractivity contribution in [2.24, 2.45) is 0 Å². The van der Waals surface area contributed by atoms with Crippen LogP contribution in [0.3, 0.4) is 0 Å². The molecule has 0 radical (unpaired) electrons. The fourth-order valence-electron chi connectivity index (χ4n) is 1.80. The molecule has 0 aliphatic carbocycles. The van der Waals surface area contributed by atoms with Crippen molar-refractivity contribution in [2.45, 2.75) is 32.9 Å². The molecule has 2 aromatic heterocycles. The number of hydrogen-bond donors (Lipinski definition) is 0. The van der Waals surface area contributed by atoms with Crippen LogP contribution in [0.25, 0.3) is 0 Å². The molecule has 0 aliphatic rings. The van der Waals surface area contributed by atoms with Crippen LogP contribution in [0.5, 0.6) is 5.75 Å². The largest absolute Gasteiger partial charge is 0.489 e. The summed E-state index contributed by atoms with van der Waals surface area (Å²) < 4.78 is 8.28. The van der Waals surface area contributed by atoms with Gasteiger partial charge in [0.15, 0.2) is 5.15 Å². The van der Waals surface area contributed by atoms with Gasteiger partial charge in [0.05, 0.1) is 25.7 Å². The monoisotopic (exact) mass is 296 g/mol. The van der Waals surface area contributed by atoms with Gasteiger partial charge >= 0.3 is 0 Å². The highest BCUT2D eigenvalue weighted by molar-refractivity contribution is 6.30. The van der Waals surface area contributed by atoms with Crippen LogP contribution < -0.4 is 10.3 Å². The molecule has 0 aliphatic heterocycles. The summed E-state index contributed by atoms with van der Waals surface area (Å²) in [6, 6.07) is 2.22. The Bertz CT molecular complexity index is 650. The van der Waals surface area contributed by atoms with E-state index in [2.05, 4.69) is 23.9 Å². The summed E-state index contributed by atoms with van der Waals surface area (Å²) in [5.74, 6) is 0.0514. The maximum atomic E-state index is 12.1. The number of hydrogen-bond acceptors (Lipinski definition) is 4. The second kappa shape index (κ2) is 6.09. The lowest BCUT2D eigenvalue weighted by molar-refractivity contribution is 0.400. The van der Waals surface area contributed by atoms with E-state index in [1.54, 1.807) is 0 Å². The zero-order chi connectivity index (χ0) is 14.7. The topological polar surface area (TPSA) is 61.9 Å². The summed E-state index contributed by atoms with van der Waals surface area (Å²) in [6.45, 7) is 4.53. The average molecular weight is 297 g/mol. The summed E-state index contributed by atoms with van der Waals surface area (Å²) in [7, 11) is 1.40. The van der Waals surface area contributed by atoms with Gasteiger partial charge in [-0.25, -0.2) is 4.98 Å². The SMILES string of the molecule is CCC(C)n1ccc(Cn2cnc(Cl)c(OC)c2=O)n1. The third-order valence-electron chi connectivity index (χ3n) is 3.20. The molecular weight excluding hydrogens is 280 g/mol. The van der Waals surface area contributed by atoms with E-state index in [0.29, 0.717) is 12.6 Å². The first-order valence-electron chi connectivity index (χ1n) is 6.39. The first-order chi connectivity index (χ1) is 9.56. The van der Waals surface area contributed by atoms with E-state index in [9.17, 15) is 4.79 Å². The van der Waals surface area contributed by atoms with Crippen LogP contribution in [0.1, 0.15) is 32.0 Å². The fourth-order valence-corrected chi connectivity index (χ4v) is 2.00. The van der Waals surface area contributed by atoms with Crippen LogP contribution >= 0.6 is 11.6 Å². The molecule has 0 N–H and O–H groups in total. The van der Waals surface area contributed by atoms with Crippen LogP contribution in [-0.2, 0) is 6.54 Å². The molecule has 0 saturated heterocycles. The van der Waals surface area contributed by atoms with Gasteiger partial charge in [0, 0.05) is 12.2 Å². The molecule has 0 saturated carbocycles. The van der Waals surface area contributed by atoms with E-state index in [-0.39, 0.29) is 16.5 Å². The maximum Gasteiger partial charge on any atom is 0.297 e. The lowest BCUT2D eigenvalue weighted by Crippen LogP contribution is -2.23. The molecule has 0 fully saturated rings. The average Bonchev–Trinajstić information content (AvgIpc) is 2.90. The van der Waals surface area contributed by atoms with Crippen LogP contribution in [0.4, 0.5) is 0 Å². The molecule has 0 bridgehead atoms. The van der Waals surface area contributed by atoms with Gasteiger partial charge in [-0.2, -0.15) is 5.10 Å². The predicted molar refractivity (Wildman–Crippen MR) is 76.4 cm³/mol. The minimum absolute atomic E-state index is 0.0514. The Labute approximate surface area is 122 Å². The smallest absolute Gasteiger partial charge is 0.297 e. The Kier molecular flexibility index (Phi) is 4.44. The second-order valence-electron chi connectivity index (χ2n) is 4.55. The number of rotatable bonds is 5. The minimum Gasteiger partial charge on any atom is -0.489 e. The summed E-state index contributed by atoms with van der Waals surface area (Å²) in [5.41, 5.74) is 0.476. The molecule has 108 valence electrons. The van der Waals surface area contributed by atoms with Crippen LogP contribution in [0.15, 0.2) is 23.4 Å². The van der Waals surface area contributed by atoms with Gasteiger partial charge in [-0.3, -0.25) is 14.0 Å². The van der Waals surface area contributed by atoms with Gasteiger partial charge < -0.3 is 4.74 Å². The Morgan fingerprint density at radius 1 is 1.50 bits per heavy atom. The summed E-state index contributed by atoms with van der Waals surface area (Å²) >= 11 is 5.80. The Morgan fingerprint density at radius 3 is 2.90 bits per heavy atom. The lowest BCUT2D eigenvalue weighted by Gasteiger charge is -2.09. The molecule has 1 atom stereocenters. The highest BCUT2D eigenvalue weighted by Gasteiger charge is 2.12. The van der Waals surface area contributed by atoms with E-state index < -0.39 is 0 Å². The van der Waals surface area contributed by atoms with Crippen molar-refractivity contribution in [3.8, 4) is 5.75 Å². The summed E-state index contributed by atoms with van der Waals surface area (Å²) in [5, 5.41) is 4.52. The molecule has 0 aromatic carbocycles. The number of nitrogens with zero attached hydrogens (tertiary/aromatic N) is 4. The third kappa shape index (κ3) is 2.85. The van der Waals surface area contributed by atoms with Crippen molar-refractivity contribution < 1.29 is 4.74 Å². The Balaban J connectivity index is 2.27. The van der Waals surface area contributed by atoms with Gasteiger partial charge in [0.2, 0.25) is 5.75 Å². The van der Waals surface area contributed by atoms with Crippen molar-refractivity contribution in [1.29, 1.82) is 0 Å². The van der Waals surface area contributed by atoms with Gasteiger partial charge in [-0.05, 0) is 19.4 Å². The molecule has 2 rings (SSSR count). The third-order valence-corrected chi connectivity index (χ3v) is 3.46. The highest BCUT2D eigenvalue weighted by Crippen LogP contribution is 2.15.